The molecule has 0 spiro atoms. The Morgan fingerprint density at radius 2 is 2.00 bits per heavy atom. The topological polar surface area (TPSA) is 69.6 Å². The van der Waals surface area contributed by atoms with Gasteiger partial charge in [0.2, 0.25) is 5.91 Å². The van der Waals surface area contributed by atoms with Gasteiger partial charge in [-0.25, -0.2) is 0 Å². The lowest BCUT2D eigenvalue weighted by molar-refractivity contribution is -0.121. The van der Waals surface area contributed by atoms with Gasteiger partial charge in [0.25, 0.3) is 0 Å². The second-order valence-corrected chi connectivity index (χ2v) is 2.97. The Morgan fingerprint density at radius 1 is 1.50 bits per heavy atom. The SMILES string of the molecule is CCC(CO)(CO)NC(=O)CS. The van der Waals surface area contributed by atoms with Crippen LogP contribution in [0.1, 0.15) is 13.3 Å². The number of aliphatic hydroxyl groups excluding tert-OH is 2. The van der Waals surface area contributed by atoms with Crippen molar-refractivity contribution in [1.29, 1.82) is 0 Å². The average molecular weight is 193 g/mol. The number of amides is 1. The van der Waals surface area contributed by atoms with Crippen LogP contribution in [0, 0.1) is 0 Å². The first-order valence-electron chi connectivity index (χ1n) is 3.77. The molecule has 0 aromatic rings. The molecule has 72 valence electrons. The van der Waals surface area contributed by atoms with E-state index in [2.05, 4.69) is 17.9 Å². The molecule has 0 aliphatic heterocycles. The van der Waals surface area contributed by atoms with Gasteiger partial charge in [-0.15, -0.1) is 0 Å². The normalized spacial score (nSPS) is 11.3. The maximum atomic E-state index is 10.9. The first-order valence-corrected chi connectivity index (χ1v) is 4.41. The number of carbonyl (C=O) groups is 1. The lowest BCUT2D eigenvalue weighted by Gasteiger charge is -2.29. The largest absolute Gasteiger partial charge is 0.394 e. The Labute approximate surface area is 77.4 Å². The van der Waals surface area contributed by atoms with E-state index in [9.17, 15) is 4.79 Å². The van der Waals surface area contributed by atoms with Gasteiger partial charge < -0.3 is 15.5 Å². The number of hydrogen-bond acceptors (Lipinski definition) is 4. The summed E-state index contributed by atoms with van der Waals surface area (Å²) in [6.45, 7) is 1.25. The number of rotatable bonds is 5. The van der Waals surface area contributed by atoms with Crippen LogP contribution in [0.4, 0.5) is 0 Å². The summed E-state index contributed by atoms with van der Waals surface area (Å²) in [7, 11) is 0. The fraction of sp³-hybridized carbons (Fsp3) is 0.857. The maximum Gasteiger partial charge on any atom is 0.230 e. The third-order valence-corrected chi connectivity index (χ3v) is 2.12. The minimum absolute atomic E-state index is 0.0573. The van der Waals surface area contributed by atoms with E-state index in [0.717, 1.165) is 0 Å². The lowest BCUT2D eigenvalue weighted by atomic mass is 9.99. The Morgan fingerprint density at radius 3 is 2.25 bits per heavy atom. The second kappa shape index (κ2) is 5.40. The van der Waals surface area contributed by atoms with Crippen molar-refractivity contribution in [3.05, 3.63) is 0 Å². The van der Waals surface area contributed by atoms with Crippen LogP contribution in [-0.2, 0) is 4.79 Å². The van der Waals surface area contributed by atoms with Crippen LogP contribution < -0.4 is 5.32 Å². The molecular weight excluding hydrogens is 178 g/mol. The molecule has 0 aliphatic rings. The molecule has 0 radical (unpaired) electrons. The van der Waals surface area contributed by atoms with E-state index in [0.29, 0.717) is 6.42 Å². The Hall–Kier alpha value is -0.260. The predicted octanol–water partition coefficient (Wildman–Crippen LogP) is -0.834. The molecule has 0 saturated heterocycles. The molecule has 0 aliphatic carbocycles. The molecule has 12 heavy (non-hydrogen) atoms. The third kappa shape index (κ3) is 3.00. The summed E-state index contributed by atoms with van der Waals surface area (Å²) >= 11 is 3.77. The van der Waals surface area contributed by atoms with Crippen LogP contribution in [0.3, 0.4) is 0 Å². The Bertz CT molecular complexity index is 139. The van der Waals surface area contributed by atoms with Crippen molar-refractivity contribution in [2.24, 2.45) is 0 Å². The van der Waals surface area contributed by atoms with Gasteiger partial charge in [-0.2, -0.15) is 12.6 Å². The highest BCUT2D eigenvalue weighted by Crippen LogP contribution is 2.07. The summed E-state index contributed by atoms with van der Waals surface area (Å²) in [6, 6.07) is 0. The van der Waals surface area contributed by atoms with E-state index in [1.54, 1.807) is 6.92 Å². The van der Waals surface area contributed by atoms with E-state index in [-0.39, 0.29) is 24.9 Å². The molecule has 0 rings (SSSR count). The molecule has 0 saturated carbocycles. The summed E-state index contributed by atoms with van der Waals surface area (Å²) in [5, 5.41) is 20.4. The van der Waals surface area contributed by atoms with Gasteiger partial charge in [-0.3, -0.25) is 4.79 Å². The molecular formula is C7H15NO3S. The number of hydrogen-bond donors (Lipinski definition) is 4. The fourth-order valence-electron chi connectivity index (χ4n) is 0.776. The van der Waals surface area contributed by atoms with Crippen LogP contribution >= 0.6 is 12.6 Å². The van der Waals surface area contributed by atoms with E-state index in [4.69, 9.17) is 10.2 Å². The van der Waals surface area contributed by atoms with Crippen molar-refractivity contribution in [1.82, 2.24) is 5.32 Å². The van der Waals surface area contributed by atoms with Gasteiger partial charge in [0.05, 0.1) is 24.5 Å². The molecule has 0 aromatic heterocycles. The lowest BCUT2D eigenvalue weighted by Crippen LogP contribution is -2.54. The number of carbonyl (C=O) groups excluding carboxylic acids is 1. The summed E-state index contributed by atoms with van der Waals surface area (Å²) in [5.74, 6) is -0.231. The Kier molecular flexibility index (Phi) is 5.28. The van der Waals surface area contributed by atoms with Crippen LogP contribution in [-0.4, -0.2) is 40.6 Å². The highest BCUT2D eigenvalue weighted by molar-refractivity contribution is 7.81. The molecule has 0 atom stereocenters. The van der Waals surface area contributed by atoms with Gasteiger partial charge >= 0.3 is 0 Å². The maximum absolute atomic E-state index is 10.9. The molecule has 3 N–H and O–H groups in total. The minimum Gasteiger partial charge on any atom is -0.394 e. The predicted molar refractivity (Wildman–Crippen MR) is 49.2 cm³/mol. The van der Waals surface area contributed by atoms with Gasteiger partial charge in [-0.05, 0) is 6.42 Å². The zero-order chi connectivity index (χ0) is 9.61. The van der Waals surface area contributed by atoms with E-state index in [1.807, 2.05) is 0 Å². The first kappa shape index (κ1) is 11.7. The number of thiol groups is 1. The van der Waals surface area contributed by atoms with Crippen molar-refractivity contribution in [2.45, 2.75) is 18.9 Å². The summed E-state index contributed by atoms with van der Waals surface area (Å²) in [5.41, 5.74) is -0.889. The molecule has 5 heteroatoms. The van der Waals surface area contributed by atoms with Crippen LogP contribution in [0.15, 0.2) is 0 Å². The van der Waals surface area contributed by atoms with Crippen LogP contribution in [0.2, 0.25) is 0 Å². The van der Waals surface area contributed by atoms with Gasteiger partial charge in [0, 0.05) is 0 Å². The number of aliphatic hydroxyl groups is 2. The van der Waals surface area contributed by atoms with Crippen molar-refractivity contribution in [3.8, 4) is 0 Å². The second-order valence-electron chi connectivity index (χ2n) is 2.66. The molecule has 0 heterocycles. The highest BCUT2D eigenvalue weighted by Gasteiger charge is 2.27. The monoisotopic (exact) mass is 193 g/mol. The summed E-state index contributed by atoms with van der Waals surface area (Å²) in [4.78, 5) is 10.9. The van der Waals surface area contributed by atoms with Crippen LogP contribution in [0.5, 0.6) is 0 Å². The Balaban J connectivity index is 4.19. The fourth-order valence-corrected chi connectivity index (χ4v) is 0.855. The average Bonchev–Trinajstić information content (AvgIpc) is 2.14. The van der Waals surface area contributed by atoms with Gasteiger partial charge in [0.15, 0.2) is 0 Å². The smallest absolute Gasteiger partial charge is 0.230 e. The number of nitrogens with one attached hydrogen (secondary N) is 1. The van der Waals surface area contributed by atoms with Crippen molar-refractivity contribution in [3.63, 3.8) is 0 Å². The van der Waals surface area contributed by atoms with E-state index in [1.165, 1.54) is 0 Å². The summed E-state index contributed by atoms with van der Waals surface area (Å²) in [6.07, 6.45) is 0.486. The van der Waals surface area contributed by atoms with Crippen molar-refractivity contribution in [2.75, 3.05) is 19.0 Å². The molecule has 4 nitrogen and oxygen atoms in total. The molecule has 0 fully saturated rings. The van der Waals surface area contributed by atoms with Crippen LogP contribution in [0.25, 0.3) is 0 Å². The van der Waals surface area contributed by atoms with Gasteiger partial charge in [0.1, 0.15) is 0 Å². The van der Waals surface area contributed by atoms with Gasteiger partial charge in [-0.1, -0.05) is 6.92 Å². The van der Waals surface area contributed by atoms with E-state index < -0.39 is 5.54 Å². The molecule has 0 bridgehead atoms. The van der Waals surface area contributed by atoms with Crippen molar-refractivity contribution >= 4 is 18.5 Å². The minimum atomic E-state index is -0.889. The first-order chi connectivity index (χ1) is 5.64. The molecule has 1 amide bonds. The highest BCUT2D eigenvalue weighted by atomic mass is 32.1. The molecule has 0 aromatic carbocycles. The quantitative estimate of drug-likeness (QED) is 0.431. The zero-order valence-corrected chi connectivity index (χ0v) is 7.97. The zero-order valence-electron chi connectivity index (χ0n) is 7.08. The standard InChI is InChI=1S/C7H15NO3S/c1-2-7(4-9,5-10)8-6(11)3-12/h9-10,12H,2-5H2,1H3,(H,8,11). The summed E-state index contributed by atoms with van der Waals surface area (Å²) < 4.78 is 0. The van der Waals surface area contributed by atoms with E-state index >= 15 is 0 Å². The van der Waals surface area contributed by atoms with Crippen molar-refractivity contribution < 1.29 is 15.0 Å². The third-order valence-electron chi connectivity index (χ3n) is 1.83. The molecule has 0 unspecified atom stereocenters.